The van der Waals surface area contributed by atoms with E-state index >= 15 is 0 Å². The Hall–Kier alpha value is -3.31. The Morgan fingerprint density at radius 1 is 1.09 bits per heavy atom. The molecule has 0 radical (unpaired) electrons. The standard InChI is InChI=1S/C21H18F3N5O2S/c1-2-4-13-6-7-14(11-18(13)32(25,30)31)17-12-29-19(27-17)9-8-16(28-29)15-5-3-10-26-20(15)21(22,23)24/h3,5-12H,2,4H2,1H3,(H2,25,30,31). The molecule has 0 saturated carbocycles. The van der Waals surface area contributed by atoms with Crippen LogP contribution in [0, 0.1) is 0 Å². The Labute approximate surface area is 181 Å². The van der Waals surface area contributed by atoms with Crippen molar-refractivity contribution in [2.24, 2.45) is 5.14 Å². The van der Waals surface area contributed by atoms with Gasteiger partial charge in [-0.25, -0.2) is 23.1 Å². The van der Waals surface area contributed by atoms with E-state index in [0.29, 0.717) is 28.9 Å². The van der Waals surface area contributed by atoms with E-state index in [1.54, 1.807) is 12.1 Å². The van der Waals surface area contributed by atoms with Crippen molar-refractivity contribution in [1.82, 2.24) is 19.6 Å². The first kappa shape index (κ1) is 21.9. The molecule has 0 saturated heterocycles. The van der Waals surface area contributed by atoms with Crippen LogP contribution in [0.1, 0.15) is 24.6 Å². The van der Waals surface area contributed by atoms with E-state index in [-0.39, 0.29) is 16.2 Å². The maximum absolute atomic E-state index is 13.3. The summed E-state index contributed by atoms with van der Waals surface area (Å²) in [7, 11) is -3.94. The van der Waals surface area contributed by atoms with Crippen LogP contribution in [0.5, 0.6) is 0 Å². The number of nitrogens with zero attached hydrogens (tertiary/aromatic N) is 4. The highest BCUT2D eigenvalue weighted by atomic mass is 32.2. The van der Waals surface area contributed by atoms with Gasteiger partial charge in [0.2, 0.25) is 10.0 Å². The minimum atomic E-state index is -4.63. The van der Waals surface area contributed by atoms with Crippen molar-refractivity contribution in [3.8, 4) is 22.5 Å². The summed E-state index contributed by atoms with van der Waals surface area (Å²) < 4.78 is 65.4. The number of alkyl halides is 3. The normalized spacial score (nSPS) is 12.4. The van der Waals surface area contributed by atoms with Gasteiger partial charge in [-0.05, 0) is 42.3 Å². The van der Waals surface area contributed by atoms with Crippen LogP contribution in [0.3, 0.4) is 0 Å². The molecule has 0 unspecified atom stereocenters. The Morgan fingerprint density at radius 3 is 2.56 bits per heavy atom. The lowest BCUT2D eigenvalue weighted by atomic mass is 10.1. The summed E-state index contributed by atoms with van der Waals surface area (Å²) in [6.07, 6.45) is -0.737. The monoisotopic (exact) mass is 461 g/mol. The molecule has 1 aromatic carbocycles. The smallest absolute Gasteiger partial charge is 0.251 e. The van der Waals surface area contributed by atoms with Crippen molar-refractivity contribution in [2.75, 3.05) is 0 Å². The molecular formula is C21H18F3N5O2S. The second kappa shape index (κ2) is 7.99. The second-order valence-electron chi connectivity index (χ2n) is 7.16. The number of hydrogen-bond acceptors (Lipinski definition) is 5. The number of aromatic nitrogens is 4. The summed E-state index contributed by atoms with van der Waals surface area (Å²) in [5, 5.41) is 9.64. The SMILES string of the molecule is CCCc1ccc(-c2cn3nc(-c4cccnc4C(F)(F)F)ccc3n2)cc1S(N)(=O)=O. The van der Waals surface area contributed by atoms with Crippen molar-refractivity contribution >= 4 is 15.7 Å². The maximum atomic E-state index is 13.3. The fourth-order valence-corrected chi connectivity index (χ4v) is 4.28. The first-order valence-electron chi connectivity index (χ1n) is 9.63. The summed E-state index contributed by atoms with van der Waals surface area (Å²) in [5.41, 5.74) is 0.790. The van der Waals surface area contributed by atoms with Crippen LogP contribution in [0.15, 0.2) is 59.8 Å². The van der Waals surface area contributed by atoms with Crippen LogP contribution in [0.25, 0.3) is 28.2 Å². The Kier molecular flexibility index (Phi) is 5.47. The largest absolute Gasteiger partial charge is 0.434 e. The molecule has 0 aliphatic heterocycles. The van der Waals surface area contributed by atoms with E-state index < -0.39 is 21.9 Å². The highest BCUT2D eigenvalue weighted by Crippen LogP contribution is 2.34. The molecule has 0 atom stereocenters. The van der Waals surface area contributed by atoms with Crippen molar-refractivity contribution in [2.45, 2.75) is 30.8 Å². The van der Waals surface area contributed by atoms with Crippen LogP contribution in [-0.4, -0.2) is 28.0 Å². The van der Waals surface area contributed by atoms with Gasteiger partial charge in [0.25, 0.3) is 0 Å². The fraction of sp³-hybridized carbons (Fsp3) is 0.190. The van der Waals surface area contributed by atoms with Crippen molar-refractivity contribution in [3.05, 3.63) is 66.1 Å². The number of imidazole rings is 1. The summed E-state index contributed by atoms with van der Waals surface area (Å²) in [4.78, 5) is 7.89. The first-order valence-corrected chi connectivity index (χ1v) is 11.2. The van der Waals surface area contributed by atoms with Crippen LogP contribution in [-0.2, 0) is 22.6 Å². The Balaban J connectivity index is 1.80. The fourth-order valence-electron chi connectivity index (χ4n) is 3.46. The van der Waals surface area contributed by atoms with Crippen LogP contribution in [0.4, 0.5) is 13.2 Å². The third-order valence-electron chi connectivity index (χ3n) is 4.86. The molecule has 3 aromatic heterocycles. The van der Waals surface area contributed by atoms with Gasteiger partial charge in [-0.2, -0.15) is 18.3 Å². The number of aryl methyl sites for hydroxylation is 1. The topological polar surface area (TPSA) is 103 Å². The van der Waals surface area contributed by atoms with E-state index in [1.165, 1.54) is 41.0 Å². The molecule has 0 fully saturated rings. The lowest BCUT2D eigenvalue weighted by Crippen LogP contribution is -2.14. The molecule has 11 heteroatoms. The van der Waals surface area contributed by atoms with Gasteiger partial charge in [0.1, 0.15) is 0 Å². The molecule has 4 aromatic rings. The molecule has 2 N–H and O–H groups in total. The summed E-state index contributed by atoms with van der Waals surface area (Å²) in [5.74, 6) is 0. The Bertz CT molecular complexity index is 1410. The van der Waals surface area contributed by atoms with Gasteiger partial charge >= 0.3 is 6.18 Å². The zero-order valence-electron chi connectivity index (χ0n) is 16.8. The van der Waals surface area contributed by atoms with Crippen LogP contribution < -0.4 is 5.14 Å². The third-order valence-corrected chi connectivity index (χ3v) is 5.85. The Morgan fingerprint density at radius 2 is 1.88 bits per heavy atom. The second-order valence-corrected chi connectivity index (χ2v) is 8.69. The molecule has 32 heavy (non-hydrogen) atoms. The predicted octanol–water partition coefficient (Wildman–Crippen LogP) is 4.08. The number of halogens is 3. The number of nitrogens with two attached hydrogens (primary N) is 1. The maximum Gasteiger partial charge on any atom is 0.434 e. The molecule has 166 valence electrons. The number of rotatable bonds is 5. The number of pyridine rings is 1. The molecule has 0 aliphatic rings. The highest BCUT2D eigenvalue weighted by molar-refractivity contribution is 7.89. The van der Waals surface area contributed by atoms with Gasteiger partial charge in [-0.3, -0.25) is 4.98 Å². The molecule has 0 amide bonds. The van der Waals surface area contributed by atoms with Gasteiger partial charge in [0.05, 0.1) is 22.5 Å². The van der Waals surface area contributed by atoms with Crippen molar-refractivity contribution in [1.29, 1.82) is 0 Å². The number of fused-ring (bicyclic) bond motifs is 1. The van der Waals surface area contributed by atoms with Crippen molar-refractivity contribution < 1.29 is 21.6 Å². The number of hydrogen-bond donors (Lipinski definition) is 1. The average molecular weight is 461 g/mol. The molecular weight excluding hydrogens is 443 g/mol. The molecule has 4 rings (SSSR count). The van der Waals surface area contributed by atoms with Crippen LogP contribution >= 0.6 is 0 Å². The summed E-state index contributed by atoms with van der Waals surface area (Å²) in [6, 6.07) is 10.5. The lowest BCUT2D eigenvalue weighted by Gasteiger charge is -2.10. The number of benzene rings is 1. The third kappa shape index (κ3) is 4.21. The zero-order chi connectivity index (χ0) is 23.1. The summed E-state index contributed by atoms with van der Waals surface area (Å²) in [6.45, 7) is 1.93. The van der Waals surface area contributed by atoms with Crippen molar-refractivity contribution in [3.63, 3.8) is 0 Å². The van der Waals surface area contributed by atoms with Gasteiger partial charge in [0, 0.05) is 17.3 Å². The van der Waals surface area contributed by atoms with E-state index in [1.807, 2.05) is 6.92 Å². The van der Waals surface area contributed by atoms with E-state index in [2.05, 4.69) is 15.1 Å². The van der Waals surface area contributed by atoms with E-state index in [0.717, 1.165) is 12.6 Å². The van der Waals surface area contributed by atoms with Crippen LogP contribution in [0.2, 0.25) is 0 Å². The number of primary sulfonamides is 1. The van der Waals surface area contributed by atoms with Gasteiger partial charge in [-0.1, -0.05) is 25.5 Å². The van der Waals surface area contributed by atoms with Gasteiger partial charge in [-0.15, -0.1) is 0 Å². The molecule has 3 heterocycles. The molecule has 0 aliphatic carbocycles. The minimum Gasteiger partial charge on any atom is -0.251 e. The highest BCUT2D eigenvalue weighted by Gasteiger charge is 2.35. The molecule has 0 spiro atoms. The summed E-state index contributed by atoms with van der Waals surface area (Å²) >= 11 is 0. The minimum absolute atomic E-state index is 0.0210. The quantitative estimate of drug-likeness (QED) is 0.482. The number of sulfonamides is 1. The lowest BCUT2D eigenvalue weighted by molar-refractivity contribution is -0.140. The average Bonchev–Trinajstić information content (AvgIpc) is 3.16. The predicted molar refractivity (Wildman–Crippen MR) is 112 cm³/mol. The molecule has 7 nitrogen and oxygen atoms in total. The molecule has 0 bridgehead atoms. The van der Waals surface area contributed by atoms with E-state index in [9.17, 15) is 21.6 Å². The first-order chi connectivity index (χ1) is 15.1. The zero-order valence-corrected chi connectivity index (χ0v) is 17.7. The van der Waals surface area contributed by atoms with Gasteiger partial charge < -0.3 is 0 Å². The van der Waals surface area contributed by atoms with E-state index in [4.69, 9.17) is 5.14 Å². The van der Waals surface area contributed by atoms with Gasteiger partial charge in [0.15, 0.2) is 11.3 Å².